The van der Waals surface area contributed by atoms with Crippen LogP contribution in [0.25, 0.3) is 0 Å². The van der Waals surface area contributed by atoms with Gasteiger partial charge in [0, 0.05) is 12.8 Å². The number of nitrogens with one attached hydrogen (secondary N) is 1. The molecule has 2 N–H and O–H groups in total. The summed E-state index contributed by atoms with van der Waals surface area (Å²) < 4.78 is 30.7. The summed E-state index contributed by atoms with van der Waals surface area (Å²) in [6.45, 7) is 6.83. The quantitative estimate of drug-likeness (QED) is 0.0205. The predicted molar refractivity (Wildman–Crippen MR) is 350 cm³/mol. The second-order valence-electron chi connectivity index (χ2n) is 22.9. The van der Waals surface area contributed by atoms with Gasteiger partial charge in [-0.25, -0.2) is 4.57 Å². The molecule has 0 aliphatic carbocycles. The van der Waals surface area contributed by atoms with Crippen LogP contribution < -0.4 is 5.32 Å². The van der Waals surface area contributed by atoms with Crippen LogP contribution in [0.15, 0.2) is 122 Å². The number of quaternary nitrogens is 1. The Kier molecular flexibility index (Phi) is 56.9. The van der Waals surface area contributed by atoms with Gasteiger partial charge in [0.15, 0.2) is 0 Å². The van der Waals surface area contributed by atoms with Crippen molar-refractivity contribution >= 4 is 19.7 Å². The molecule has 0 aromatic rings. The first-order chi connectivity index (χ1) is 39.4. The Bertz CT molecular complexity index is 1800. The van der Waals surface area contributed by atoms with E-state index in [1.165, 1.54) is 103 Å². The first-order valence-electron chi connectivity index (χ1n) is 32.9. The molecular weight excluding hydrogens is 1020 g/mol. The number of allylic oxidation sites excluding steroid dienone is 19. The van der Waals surface area contributed by atoms with Crippen LogP contribution in [0.3, 0.4) is 0 Å². The van der Waals surface area contributed by atoms with Crippen LogP contribution in [0.1, 0.15) is 265 Å². The Morgan fingerprint density at radius 1 is 0.444 bits per heavy atom. The lowest BCUT2D eigenvalue weighted by molar-refractivity contribution is -0.870. The predicted octanol–water partition coefficient (Wildman–Crippen LogP) is 20.7. The highest BCUT2D eigenvalue weighted by molar-refractivity contribution is 7.47. The minimum absolute atomic E-state index is 0.0270. The monoisotopic (exact) mass is 1150 g/mol. The highest BCUT2D eigenvalue weighted by Crippen LogP contribution is 2.43. The molecule has 9 nitrogen and oxygen atoms in total. The number of rotatable bonds is 58. The molecule has 0 aliphatic heterocycles. The number of phosphoric acid groups is 1. The summed E-state index contributed by atoms with van der Waals surface area (Å²) in [6, 6.07) is -0.874. The summed E-state index contributed by atoms with van der Waals surface area (Å²) in [5.74, 6) is -0.556. The number of esters is 1. The van der Waals surface area contributed by atoms with Gasteiger partial charge >= 0.3 is 13.8 Å². The molecule has 464 valence electrons. The van der Waals surface area contributed by atoms with Crippen LogP contribution in [0.4, 0.5) is 0 Å². The van der Waals surface area contributed by atoms with E-state index in [0.29, 0.717) is 23.9 Å². The van der Waals surface area contributed by atoms with E-state index < -0.39 is 20.0 Å². The van der Waals surface area contributed by atoms with E-state index >= 15 is 0 Å². The maximum Gasteiger partial charge on any atom is 0.472 e. The summed E-state index contributed by atoms with van der Waals surface area (Å²) in [4.78, 5) is 37.8. The number of unbranched alkanes of at least 4 members (excludes halogenated alkanes) is 24. The van der Waals surface area contributed by atoms with Crippen LogP contribution >= 0.6 is 7.82 Å². The summed E-state index contributed by atoms with van der Waals surface area (Å²) >= 11 is 0. The molecule has 0 spiro atoms. The van der Waals surface area contributed by atoms with Gasteiger partial charge in [-0.1, -0.05) is 252 Å². The molecule has 0 aliphatic rings. The molecule has 0 rings (SSSR count). The zero-order chi connectivity index (χ0) is 59.3. The third-order valence-corrected chi connectivity index (χ3v) is 14.9. The van der Waals surface area contributed by atoms with E-state index in [-0.39, 0.29) is 31.5 Å². The molecule has 0 saturated heterocycles. The molecule has 0 bridgehead atoms. The number of hydrogen-bond acceptors (Lipinski definition) is 6. The number of ether oxygens (including phenoxy) is 1. The van der Waals surface area contributed by atoms with Gasteiger partial charge in [0.1, 0.15) is 19.3 Å². The van der Waals surface area contributed by atoms with Crippen LogP contribution in [0.5, 0.6) is 0 Å². The van der Waals surface area contributed by atoms with E-state index in [4.69, 9.17) is 13.8 Å². The Labute approximate surface area is 499 Å². The van der Waals surface area contributed by atoms with Gasteiger partial charge in [0.25, 0.3) is 0 Å². The van der Waals surface area contributed by atoms with Crippen molar-refractivity contribution in [3.8, 4) is 0 Å². The number of amides is 1. The standard InChI is InChI=1S/C71H123N2O7P/c1-7-10-13-16-19-22-25-27-29-31-33-34-35-36-37-38-40-41-43-45-48-51-54-57-60-63-70(74)72-68(67-79-81(76,77)78-66-65-73(4,5)6)69(62-59-56-53-50-47-24-21-18-15-12-9-3)80-71(75)64-61-58-55-52-49-46-44-42-39-32-30-28-26-23-20-17-14-11-8-2/h11,14,19-20,22-23,27-30,33-34,36-37,39,42,46,49,59,62,68-69H,7-10,12-13,15-18,21,24-26,31-32,35,38,40-41,43-45,47-48,50-58,60-61,63-67H2,1-6H3,(H-,72,74,76,77)/p+1/b14-11-,22-19-,23-20-,29-27-,30-28-,34-33-,37-36-,42-39-,49-46-,62-59-. The summed E-state index contributed by atoms with van der Waals surface area (Å²) in [5.41, 5.74) is 0. The van der Waals surface area contributed by atoms with Crippen molar-refractivity contribution in [1.29, 1.82) is 0 Å². The maximum atomic E-state index is 13.6. The first-order valence-corrected chi connectivity index (χ1v) is 34.4. The molecule has 0 aromatic heterocycles. The molecule has 3 atom stereocenters. The van der Waals surface area contributed by atoms with Crippen molar-refractivity contribution in [3.63, 3.8) is 0 Å². The zero-order valence-corrected chi connectivity index (χ0v) is 53.9. The highest BCUT2D eigenvalue weighted by Gasteiger charge is 2.30. The fourth-order valence-electron chi connectivity index (χ4n) is 8.83. The molecule has 10 heteroatoms. The molecule has 0 saturated carbocycles. The normalized spacial score (nSPS) is 14.4. The molecular formula is C71H124N2O7P+. The SMILES string of the molecule is CC/C=C\C/C=C\C/C=C\C/C=C\C/C=C\CCCCCC(=O)OC(/C=C\CCCCCCCCCCC)C(COP(=O)(O)OCC[N+](C)(C)C)NC(=O)CCCCCCCCCCC/C=C\C/C=C\C/C=C\C/C=C\CCCCC. The lowest BCUT2D eigenvalue weighted by Gasteiger charge is -2.27. The number of carbonyl (C=O) groups excluding carboxylic acids is 2. The Balaban J connectivity index is 5.19. The molecule has 81 heavy (non-hydrogen) atoms. The first kappa shape index (κ1) is 77.4. The average molecular weight is 1150 g/mol. The maximum absolute atomic E-state index is 13.6. The summed E-state index contributed by atoms with van der Waals surface area (Å²) in [6.07, 6.45) is 83.4. The molecule has 0 heterocycles. The Hall–Kier alpha value is -3.59. The van der Waals surface area contributed by atoms with Crippen LogP contribution in [-0.4, -0.2) is 74.3 Å². The number of nitrogens with zero attached hydrogens (tertiary/aromatic N) is 1. The van der Waals surface area contributed by atoms with Gasteiger partial charge in [0.2, 0.25) is 5.91 Å². The topological polar surface area (TPSA) is 111 Å². The third-order valence-electron chi connectivity index (χ3n) is 13.9. The van der Waals surface area contributed by atoms with Gasteiger partial charge in [-0.15, -0.1) is 0 Å². The van der Waals surface area contributed by atoms with Crippen molar-refractivity contribution in [1.82, 2.24) is 5.32 Å². The van der Waals surface area contributed by atoms with Crippen LogP contribution in [-0.2, 0) is 27.9 Å². The van der Waals surface area contributed by atoms with Gasteiger partial charge in [0.05, 0.1) is 33.8 Å². The van der Waals surface area contributed by atoms with Gasteiger partial charge < -0.3 is 19.4 Å². The number of carbonyl (C=O) groups is 2. The minimum Gasteiger partial charge on any atom is -0.456 e. The van der Waals surface area contributed by atoms with Crippen molar-refractivity contribution < 1.29 is 37.3 Å². The van der Waals surface area contributed by atoms with E-state index in [9.17, 15) is 19.0 Å². The Morgan fingerprint density at radius 2 is 0.790 bits per heavy atom. The number of phosphoric ester groups is 1. The van der Waals surface area contributed by atoms with Gasteiger partial charge in [-0.2, -0.15) is 0 Å². The zero-order valence-electron chi connectivity index (χ0n) is 53.0. The molecule has 3 unspecified atom stereocenters. The molecule has 0 radical (unpaired) electrons. The van der Waals surface area contributed by atoms with Crippen molar-refractivity contribution in [2.45, 2.75) is 277 Å². The third kappa shape index (κ3) is 60.8. The average Bonchev–Trinajstić information content (AvgIpc) is 3.44. The lowest BCUT2D eigenvalue weighted by Crippen LogP contribution is -2.47. The van der Waals surface area contributed by atoms with Crippen LogP contribution in [0.2, 0.25) is 0 Å². The summed E-state index contributed by atoms with van der Waals surface area (Å²) in [7, 11) is 1.46. The van der Waals surface area contributed by atoms with Crippen LogP contribution in [0, 0.1) is 0 Å². The number of hydrogen-bond donors (Lipinski definition) is 2. The fourth-order valence-corrected chi connectivity index (χ4v) is 9.57. The van der Waals surface area contributed by atoms with E-state index in [0.717, 1.165) is 122 Å². The van der Waals surface area contributed by atoms with E-state index in [1.807, 2.05) is 33.3 Å². The smallest absolute Gasteiger partial charge is 0.456 e. The van der Waals surface area contributed by atoms with Crippen molar-refractivity contribution in [3.05, 3.63) is 122 Å². The number of likely N-dealkylation sites (N-methyl/N-ethyl adjacent to an activating group) is 1. The molecule has 1 amide bonds. The second-order valence-corrected chi connectivity index (χ2v) is 24.4. The molecule has 0 aromatic carbocycles. The van der Waals surface area contributed by atoms with E-state index in [1.54, 1.807) is 0 Å². The highest BCUT2D eigenvalue weighted by atomic mass is 31.2. The van der Waals surface area contributed by atoms with Crippen molar-refractivity contribution in [2.75, 3.05) is 40.9 Å². The van der Waals surface area contributed by atoms with Gasteiger partial charge in [-0.05, 0) is 122 Å². The second kappa shape index (κ2) is 59.6. The lowest BCUT2D eigenvalue weighted by atomic mass is 10.0. The fraction of sp³-hybridized carbons (Fsp3) is 0.690. The minimum atomic E-state index is -4.47. The summed E-state index contributed by atoms with van der Waals surface area (Å²) in [5, 5.41) is 3.05. The molecule has 0 fully saturated rings. The van der Waals surface area contributed by atoms with E-state index in [2.05, 4.69) is 135 Å². The Morgan fingerprint density at radius 3 is 1.22 bits per heavy atom. The van der Waals surface area contributed by atoms with Crippen molar-refractivity contribution in [2.24, 2.45) is 0 Å². The van der Waals surface area contributed by atoms with Gasteiger partial charge in [-0.3, -0.25) is 18.6 Å². The largest absolute Gasteiger partial charge is 0.472 e.